The number of methoxy groups -OCH3 is 1. The maximum Gasteiger partial charge on any atom is 0.270 e. The molecule has 2 fully saturated rings. The third-order valence-electron chi connectivity index (χ3n) is 5.91. The van der Waals surface area contributed by atoms with Crippen LogP contribution in [0.3, 0.4) is 0 Å². The summed E-state index contributed by atoms with van der Waals surface area (Å²) in [4.78, 5) is 30.6. The van der Waals surface area contributed by atoms with E-state index in [-0.39, 0.29) is 17.0 Å². The maximum absolute atomic E-state index is 13.2. The van der Waals surface area contributed by atoms with Gasteiger partial charge in [0.1, 0.15) is 21.8 Å². The molecule has 2 aliphatic rings. The van der Waals surface area contributed by atoms with Gasteiger partial charge in [-0.1, -0.05) is 37.3 Å². The summed E-state index contributed by atoms with van der Waals surface area (Å²) in [7, 11) is 1.59. The largest absolute Gasteiger partial charge is 0.383 e. The van der Waals surface area contributed by atoms with Crippen molar-refractivity contribution in [3.63, 3.8) is 0 Å². The summed E-state index contributed by atoms with van der Waals surface area (Å²) >= 11 is 6.68. The molecular formula is C23H30N4O3S2. The molecule has 0 N–H and O–H groups in total. The molecule has 1 amide bonds. The van der Waals surface area contributed by atoms with E-state index in [1.165, 1.54) is 18.2 Å². The van der Waals surface area contributed by atoms with E-state index in [4.69, 9.17) is 17.0 Å². The van der Waals surface area contributed by atoms with Crippen molar-refractivity contribution in [3.05, 3.63) is 31.9 Å². The Morgan fingerprint density at radius 3 is 2.56 bits per heavy atom. The zero-order valence-electron chi connectivity index (χ0n) is 19.0. The van der Waals surface area contributed by atoms with Crippen LogP contribution in [-0.2, 0) is 16.1 Å². The highest BCUT2D eigenvalue weighted by atomic mass is 32.2. The Morgan fingerprint density at radius 2 is 1.94 bits per heavy atom. The second-order valence-electron chi connectivity index (χ2n) is 8.03. The van der Waals surface area contributed by atoms with Crippen molar-refractivity contribution < 1.29 is 9.53 Å². The van der Waals surface area contributed by atoms with E-state index in [0.29, 0.717) is 34.5 Å². The van der Waals surface area contributed by atoms with E-state index >= 15 is 0 Å². The standard InChI is InChI=1S/C23H30N4O3S2/c1-4-5-11-26-20(25-9-7-6-8-10-25)17(16(2)18(15-24)21(26)28)14-19-22(29)27(12-13-30-3)23(31)32-19/h14H,4-13H2,1-3H3/b19-14+. The Hall–Kier alpha value is -2.15. The number of hydrogen-bond donors (Lipinski definition) is 0. The Labute approximate surface area is 199 Å². The lowest BCUT2D eigenvalue weighted by molar-refractivity contribution is -0.122. The maximum atomic E-state index is 13.2. The molecular weight excluding hydrogens is 444 g/mol. The van der Waals surface area contributed by atoms with Crippen molar-refractivity contribution in [2.24, 2.45) is 0 Å². The monoisotopic (exact) mass is 474 g/mol. The summed E-state index contributed by atoms with van der Waals surface area (Å²) in [6, 6.07) is 2.11. The van der Waals surface area contributed by atoms with E-state index in [0.717, 1.165) is 50.2 Å². The van der Waals surface area contributed by atoms with Gasteiger partial charge in [0, 0.05) is 32.3 Å². The van der Waals surface area contributed by atoms with Gasteiger partial charge in [-0.05, 0) is 44.2 Å². The van der Waals surface area contributed by atoms with Gasteiger partial charge in [-0.2, -0.15) is 5.26 Å². The zero-order valence-corrected chi connectivity index (χ0v) is 20.6. The van der Waals surface area contributed by atoms with Crippen LogP contribution < -0.4 is 10.5 Å². The van der Waals surface area contributed by atoms with Crippen LogP contribution in [0.4, 0.5) is 5.82 Å². The molecule has 172 valence electrons. The van der Waals surface area contributed by atoms with Crippen molar-refractivity contribution in [3.8, 4) is 6.07 Å². The number of thiocarbonyl (C=S) groups is 1. The lowest BCUT2D eigenvalue weighted by Gasteiger charge is -2.33. The fraction of sp³-hybridized carbons (Fsp3) is 0.565. The van der Waals surface area contributed by atoms with Gasteiger partial charge < -0.3 is 9.64 Å². The first-order chi connectivity index (χ1) is 15.4. The first kappa shape index (κ1) is 24.5. The van der Waals surface area contributed by atoms with Crippen molar-refractivity contribution >= 4 is 46.1 Å². The van der Waals surface area contributed by atoms with E-state index in [1.807, 2.05) is 6.08 Å². The van der Waals surface area contributed by atoms with Crippen LogP contribution in [0.25, 0.3) is 6.08 Å². The van der Waals surface area contributed by atoms with Gasteiger partial charge in [-0.3, -0.25) is 19.1 Å². The van der Waals surface area contributed by atoms with Crippen LogP contribution in [0, 0.1) is 18.3 Å². The van der Waals surface area contributed by atoms with Crippen LogP contribution in [-0.4, -0.2) is 53.0 Å². The molecule has 0 aromatic carbocycles. The summed E-state index contributed by atoms with van der Waals surface area (Å²) in [6.45, 7) is 6.94. The van der Waals surface area contributed by atoms with E-state index in [1.54, 1.807) is 23.5 Å². The quantitative estimate of drug-likeness (QED) is 0.420. The molecule has 7 nitrogen and oxygen atoms in total. The SMILES string of the molecule is CCCCn1c(N2CCCCC2)c(/C=C2/SC(=S)N(CCOC)C2=O)c(C)c(C#N)c1=O. The number of thioether (sulfide) groups is 1. The molecule has 9 heteroatoms. The van der Waals surface area contributed by atoms with Crippen molar-refractivity contribution in [2.45, 2.75) is 52.5 Å². The minimum absolute atomic E-state index is 0.142. The smallest absolute Gasteiger partial charge is 0.270 e. The average Bonchev–Trinajstić information content (AvgIpc) is 3.06. The fourth-order valence-electron chi connectivity index (χ4n) is 4.12. The number of aromatic nitrogens is 1. The number of nitrogens with zero attached hydrogens (tertiary/aromatic N) is 4. The highest BCUT2D eigenvalue weighted by Gasteiger charge is 2.33. The number of nitriles is 1. The minimum Gasteiger partial charge on any atom is -0.383 e. The fourth-order valence-corrected chi connectivity index (χ4v) is 5.41. The number of pyridine rings is 1. The number of piperidine rings is 1. The molecule has 0 bridgehead atoms. The number of carbonyl (C=O) groups is 1. The third-order valence-corrected chi connectivity index (χ3v) is 7.28. The van der Waals surface area contributed by atoms with Crippen LogP contribution in [0.2, 0.25) is 0 Å². The summed E-state index contributed by atoms with van der Waals surface area (Å²) in [5, 5.41) is 9.76. The molecule has 0 atom stereocenters. The third kappa shape index (κ3) is 4.92. The lowest BCUT2D eigenvalue weighted by Crippen LogP contribution is -2.37. The molecule has 1 aromatic rings. The molecule has 3 rings (SSSR count). The predicted octanol–water partition coefficient (Wildman–Crippen LogP) is 3.67. The van der Waals surface area contributed by atoms with Crippen molar-refractivity contribution in [2.75, 3.05) is 38.3 Å². The van der Waals surface area contributed by atoms with Gasteiger partial charge in [0.15, 0.2) is 0 Å². The first-order valence-corrected chi connectivity index (χ1v) is 12.3. The Bertz CT molecular complexity index is 1020. The Morgan fingerprint density at radius 1 is 1.22 bits per heavy atom. The number of carbonyl (C=O) groups excluding carboxylic acids is 1. The molecule has 0 radical (unpaired) electrons. The van der Waals surface area contributed by atoms with Gasteiger partial charge in [-0.25, -0.2) is 0 Å². The highest BCUT2D eigenvalue weighted by molar-refractivity contribution is 8.26. The van der Waals surface area contributed by atoms with Crippen molar-refractivity contribution in [1.82, 2.24) is 9.47 Å². The minimum atomic E-state index is -0.246. The summed E-state index contributed by atoms with van der Waals surface area (Å²) in [5.41, 5.74) is 1.28. The van der Waals surface area contributed by atoms with E-state index < -0.39 is 0 Å². The van der Waals surface area contributed by atoms with E-state index in [2.05, 4.69) is 17.9 Å². The molecule has 2 aliphatic heterocycles. The molecule has 0 spiro atoms. The van der Waals surface area contributed by atoms with Gasteiger partial charge in [0.2, 0.25) is 0 Å². The predicted molar refractivity (Wildman–Crippen MR) is 133 cm³/mol. The van der Waals surface area contributed by atoms with Crippen LogP contribution >= 0.6 is 24.0 Å². The number of hydrogen-bond acceptors (Lipinski definition) is 7. The highest BCUT2D eigenvalue weighted by Crippen LogP contribution is 2.36. The molecule has 0 saturated carbocycles. The first-order valence-electron chi connectivity index (χ1n) is 11.1. The normalized spacial score (nSPS) is 18.0. The molecule has 0 aliphatic carbocycles. The number of anilines is 1. The number of unbranched alkanes of at least 4 members (excludes halogenated alkanes) is 1. The van der Waals surface area contributed by atoms with Gasteiger partial charge in [0.25, 0.3) is 11.5 Å². The number of ether oxygens (including phenoxy) is 1. The summed E-state index contributed by atoms with van der Waals surface area (Å²) in [5.74, 6) is 0.660. The number of rotatable bonds is 8. The topological polar surface area (TPSA) is 78.6 Å². The summed E-state index contributed by atoms with van der Waals surface area (Å²) in [6.07, 6.45) is 6.88. The molecule has 3 heterocycles. The van der Waals surface area contributed by atoms with Crippen LogP contribution in [0.5, 0.6) is 0 Å². The Kier molecular flexibility index (Phi) is 8.51. The zero-order chi connectivity index (χ0) is 23.3. The average molecular weight is 475 g/mol. The van der Waals surface area contributed by atoms with Crippen LogP contribution in [0.15, 0.2) is 9.70 Å². The second-order valence-corrected chi connectivity index (χ2v) is 9.71. The van der Waals surface area contributed by atoms with E-state index in [9.17, 15) is 14.9 Å². The Balaban J connectivity index is 2.18. The number of amides is 1. The van der Waals surface area contributed by atoms with Crippen LogP contribution in [0.1, 0.15) is 55.7 Å². The molecule has 32 heavy (non-hydrogen) atoms. The van der Waals surface area contributed by atoms with Crippen molar-refractivity contribution in [1.29, 1.82) is 5.26 Å². The summed E-state index contributed by atoms with van der Waals surface area (Å²) < 4.78 is 7.35. The molecule has 2 saturated heterocycles. The second kappa shape index (κ2) is 11.1. The van der Waals surface area contributed by atoms with Gasteiger partial charge in [-0.15, -0.1) is 0 Å². The molecule has 1 aromatic heterocycles. The molecule has 0 unspecified atom stereocenters. The van der Waals surface area contributed by atoms with Gasteiger partial charge in [0.05, 0.1) is 18.1 Å². The lowest BCUT2D eigenvalue weighted by atomic mass is 10.0. The van der Waals surface area contributed by atoms with Gasteiger partial charge >= 0.3 is 0 Å².